The number of hydrogen-bond donors (Lipinski definition) is 3. The zero-order valence-corrected chi connectivity index (χ0v) is 21.1. The molecular formula is C28H36FN3O4. The first kappa shape index (κ1) is 27.3. The fourth-order valence-corrected chi connectivity index (χ4v) is 4.49. The highest BCUT2D eigenvalue weighted by Gasteiger charge is 2.32. The van der Waals surface area contributed by atoms with E-state index in [4.69, 9.17) is 0 Å². The Morgan fingerprint density at radius 1 is 1.08 bits per heavy atom. The third kappa shape index (κ3) is 7.37. The molecule has 0 fully saturated rings. The Morgan fingerprint density at radius 3 is 2.42 bits per heavy atom. The molecule has 2 atom stereocenters. The highest BCUT2D eigenvalue weighted by atomic mass is 19.1. The summed E-state index contributed by atoms with van der Waals surface area (Å²) in [5.74, 6) is -3.05. The van der Waals surface area contributed by atoms with Crippen LogP contribution in [0.15, 0.2) is 53.9 Å². The molecule has 0 aromatic heterocycles. The minimum atomic E-state index is -1.04. The number of carbonyl (C=O) groups is 3. The van der Waals surface area contributed by atoms with Gasteiger partial charge in [0.15, 0.2) is 0 Å². The summed E-state index contributed by atoms with van der Waals surface area (Å²) in [7, 11) is 0. The maximum absolute atomic E-state index is 13.7. The molecule has 0 spiro atoms. The second-order valence-corrected chi connectivity index (χ2v) is 9.39. The molecule has 0 saturated carbocycles. The minimum absolute atomic E-state index is 0.0911. The summed E-state index contributed by atoms with van der Waals surface area (Å²) in [5.41, 5.74) is 1.18. The van der Waals surface area contributed by atoms with Gasteiger partial charge in [0, 0.05) is 18.2 Å². The van der Waals surface area contributed by atoms with Gasteiger partial charge in [0.25, 0.3) is 11.8 Å². The van der Waals surface area contributed by atoms with Crippen molar-refractivity contribution in [3.8, 4) is 0 Å². The van der Waals surface area contributed by atoms with Gasteiger partial charge in [-0.05, 0) is 61.8 Å². The van der Waals surface area contributed by atoms with Crippen molar-refractivity contribution in [2.75, 3.05) is 18.4 Å². The standard InChI is InChI=1S/C28H36FN3O4/c1-3-5-7-13-32(14-8-6-4-2)18-21-15-19(28(35)36)9-11-25(21)31-27(34)23-17-20-16-22(29)10-12-24(20)30-26(23)33/h9-12,15-17,20,24H,3-8,13-14,18H2,1-2H3,(H,30,33)(H,31,34)(H,35,36). The average Bonchev–Trinajstić information content (AvgIpc) is 2.84. The molecule has 8 heteroatoms. The number of nitrogens with zero attached hydrogens (tertiary/aromatic N) is 1. The molecule has 1 aromatic carbocycles. The molecule has 7 nitrogen and oxygen atoms in total. The molecule has 0 saturated heterocycles. The number of carbonyl (C=O) groups excluding carboxylic acids is 2. The molecule has 1 aliphatic heterocycles. The maximum Gasteiger partial charge on any atom is 0.335 e. The van der Waals surface area contributed by atoms with Crippen LogP contribution in [0.3, 0.4) is 0 Å². The molecule has 0 bridgehead atoms. The van der Waals surface area contributed by atoms with Crippen LogP contribution in [-0.4, -0.2) is 46.9 Å². The third-order valence-electron chi connectivity index (χ3n) is 6.53. The van der Waals surface area contributed by atoms with Crippen molar-refractivity contribution in [1.29, 1.82) is 0 Å². The number of amides is 2. The van der Waals surface area contributed by atoms with E-state index in [1.54, 1.807) is 18.2 Å². The van der Waals surface area contributed by atoms with Gasteiger partial charge in [-0.3, -0.25) is 14.5 Å². The van der Waals surface area contributed by atoms with E-state index in [9.17, 15) is 23.9 Å². The number of unbranched alkanes of at least 4 members (excludes halogenated alkanes) is 4. The molecule has 2 amide bonds. The highest BCUT2D eigenvalue weighted by Crippen LogP contribution is 2.26. The molecule has 2 unspecified atom stereocenters. The number of carboxylic acid groups (broad SMARTS) is 1. The lowest BCUT2D eigenvalue weighted by Gasteiger charge is -2.28. The summed E-state index contributed by atoms with van der Waals surface area (Å²) in [5, 5.41) is 15.1. The van der Waals surface area contributed by atoms with Gasteiger partial charge in [0.2, 0.25) is 0 Å². The number of hydrogen-bond acceptors (Lipinski definition) is 4. The van der Waals surface area contributed by atoms with Crippen LogP contribution in [0.2, 0.25) is 0 Å². The van der Waals surface area contributed by atoms with E-state index in [1.807, 2.05) is 0 Å². The van der Waals surface area contributed by atoms with Crippen LogP contribution in [-0.2, 0) is 16.1 Å². The number of halogens is 1. The van der Waals surface area contributed by atoms with Crippen LogP contribution < -0.4 is 10.6 Å². The summed E-state index contributed by atoms with van der Waals surface area (Å²) < 4.78 is 13.7. The lowest BCUT2D eigenvalue weighted by atomic mass is 9.88. The molecule has 1 aromatic rings. The Kier molecular flexibility index (Phi) is 9.99. The van der Waals surface area contributed by atoms with Crippen molar-refractivity contribution < 1.29 is 23.9 Å². The zero-order chi connectivity index (χ0) is 26.1. The predicted molar refractivity (Wildman–Crippen MR) is 138 cm³/mol. The van der Waals surface area contributed by atoms with Gasteiger partial charge in [-0.15, -0.1) is 0 Å². The Morgan fingerprint density at radius 2 is 1.78 bits per heavy atom. The normalized spacial score (nSPS) is 18.8. The topological polar surface area (TPSA) is 98.7 Å². The van der Waals surface area contributed by atoms with E-state index in [-0.39, 0.29) is 11.1 Å². The molecule has 1 heterocycles. The quantitative estimate of drug-likeness (QED) is 0.264. The van der Waals surface area contributed by atoms with Crippen molar-refractivity contribution in [2.24, 2.45) is 5.92 Å². The molecule has 3 N–H and O–H groups in total. The van der Waals surface area contributed by atoms with Crippen molar-refractivity contribution >= 4 is 23.5 Å². The number of nitrogens with one attached hydrogen (secondary N) is 2. The maximum atomic E-state index is 13.7. The monoisotopic (exact) mass is 497 g/mol. The number of aromatic carboxylic acids is 1. The first-order valence-corrected chi connectivity index (χ1v) is 12.8. The second kappa shape index (κ2) is 13.2. The summed E-state index contributed by atoms with van der Waals surface area (Å²) in [6.45, 7) is 6.54. The van der Waals surface area contributed by atoms with Gasteiger partial charge < -0.3 is 15.7 Å². The fourth-order valence-electron chi connectivity index (χ4n) is 4.49. The van der Waals surface area contributed by atoms with E-state index >= 15 is 0 Å². The molecule has 2 aliphatic rings. The summed E-state index contributed by atoms with van der Waals surface area (Å²) in [4.78, 5) is 39.6. The lowest BCUT2D eigenvalue weighted by Crippen LogP contribution is -2.45. The predicted octanol–water partition coefficient (Wildman–Crippen LogP) is 4.97. The van der Waals surface area contributed by atoms with Crippen LogP contribution in [0.1, 0.15) is 68.3 Å². The minimum Gasteiger partial charge on any atom is -0.478 e. The Bertz CT molecular complexity index is 1050. The van der Waals surface area contributed by atoms with Gasteiger partial charge in [0.05, 0.1) is 11.6 Å². The zero-order valence-electron chi connectivity index (χ0n) is 21.1. The van der Waals surface area contributed by atoms with Crippen LogP contribution >= 0.6 is 0 Å². The SMILES string of the molecule is CCCCCN(CCCCC)Cc1cc(C(=O)O)ccc1NC(=O)C1=CC2C=C(F)C=CC2NC1=O. The molecule has 0 radical (unpaired) electrons. The summed E-state index contributed by atoms with van der Waals surface area (Å²) in [6.07, 6.45) is 12.2. The van der Waals surface area contributed by atoms with Crippen LogP contribution in [0.25, 0.3) is 0 Å². The Balaban J connectivity index is 1.83. The van der Waals surface area contributed by atoms with Gasteiger partial charge in [0.1, 0.15) is 11.4 Å². The van der Waals surface area contributed by atoms with Crippen LogP contribution in [0, 0.1) is 5.92 Å². The number of benzene rings is 1. The molecule has 36 heavy (non-hydrogen) atoms. The fraction of sp³-hybridized carbons (Fsp3) is 0.464. The molecule has 194 valence electrons. The van der Waals surface area contributed by atoms with E-state index in [0.717, 1.165) is 51.6 Å². The molecule has 3 rings (SSSR count). The van der Waals surface area contributed by atoms with Gasteiger partial charge in [-0.25, -0.2) is 9.18 Å². The number of anilines is 1. The number of carboxylic acids is 1. The second-order valence-electron chi connectivity index (χ2n) is 9.39. The Hall–Kier alpha value is -3.26. The van der Waals surface area contributed by atoms with Gasteiger partial charge in [-0.1, -0.05) is 51.7 Å². The van der Waals surface area contributed by atoms with Crippen LogP contribution in [0.5, 0.6) is 0 Å². The van der Waals surface area contributed by atoms with E-state index < -0.39 is 35.6 Å². The van der Waals surface area contributed by atoms with E-state index in [2.05, 4.69) is 29.4 Å². The number of fused-ring (bicyclic) bond motifs is 1. The van der Waals surface area contributed by atoms with Crippen molar-refractivity contribution in [3.63, 3.8) is 0 Å². The summed E-state index contributed by atoms with van der Waals surface area (Å²) in [6, 6.07) is 4.20. The molecule has 1 aliphatic carbocycles. The van der Waals surface area contributed by atoms with Crippen molar-refractivity contribution in [1.82, 2.24) is 10.2 Å². The first-order chi connectivity index (χ1) is 17.3. The van der Waals surface area contributed by atoms with Crippen molar-refractivity contribution in [3.05, 3.63) is 65.0 Å². The third-order valence-corrected chi connectivity index (χ3v) is 6.53. The lowest BCUT2D eigenvalue weighted by molar-refractivity contribution is -0.122. The smallest absolute Gasteiger partial charge is 0.335 e. The van der Waals surface area contributed by atoms with Gasteiger partial charge in [-0.2, -0.15) is 0 Å². The van der Waals surface area contributed by atoms with Crippen molar-refractivity contribution in [2.45, 2.75) is 65.0 Å². The highest BCUT2D eigenvalue weighted by molar-refractivity contribution is 6.23. The molecular weight excluding hydrogens is 461 g/mol. The number of rotatable bonds is 13. The van der Waals surface area contributed by atoms with Gasteiger partial charge >= 0.3 is 5.97 Å². The first-order valence-electron chi connectivity index (χ1n) is 12.8. The average molecular weight is 498 g/mol. The number of allylic oxidation sites excluding steroid dienone is 2. The van der Waals surface area contributed by atoms with E-state index in [0.29, 0.717) is 17.8 Å². The Labute approximate surface area is 212 Å². The summed E-state index contributed by atoms with van der Waals surface area (Å²) >= 11 is 0. The van der Waals surface area contributed by atoms with Crippen LogP contribution in [0.4, 0.5) is 10.1 Å². The van der Waals surface area contributed by atoms with E-state index in [1.165, 1.54) is 24.3 Å². The largest absolute Gasteiger partial charge is 0.478 e.